The van der Waals surface area contributed by atoms with E-state index in [0.29, 0.717) is 30.2 Å². The summed E-state index contributed by atoms with van der Waals surface area (Å²) in [6, 6.07) is 0.110. The highest BCUT2D eigenvalue weighted by Gasteiger charge is 2.33. The van der Waals surface area contributed by atoms with Crippen molar-refractivity contribution in [2.24, 2.45) is 5.92 Å². The number of amides is 1. The Morgan fingerprint density at radius 2 is 1.88 bits per heavy atom. The number of imidazole rings is 1. The molecule has 0 bridgehead atoms. The quantitative estimate of drug-likeness (QED) is 0.607. The van der Waals surface area contributed by atoms with Crippen molar-refractivity contribution in [3.8, 4) is 11.4 Å². The predicted molar refractivity (Wildman–Crippen MR) is 123 cm³/mol. The van der Waals surface area contributed by atoms with Gasteiger partial charge in [0.1, 0.15) is 18.0 Å². The highest BCUT2D eigenvalue weighted by atomic mass is 16.3. The maximum absolute atomic E-state index is 12.9. The molecule has 4 heterocycles. The Hall–Kier alpha value is -3.14. The van der Waals surface area contributed by atoms with Gasteiger partial charge < -0.3 is 19.9 Å². The van der Waals surface area contributed by atoms with E-state index in [4.69, 9.17) is 4.98 Å². The Morgan fingerprint density at radius 3 is 2.61 bits per heavy atom. The van der Waals surface area contributed by atoms with E-state index in [9.17, 15) is 9.90 Å². The first-order valence-electron chi connectivity index (χ1n) is 11.8. The van der Waals surface area contributed by atoms with Gasteiger partial charge in [-0.1, -0.05) is 0 Å². The van der Waals surface area contributed by atoms with Crippen molar-refractivity contribution >= 4 is 22.9 Å². The lowest BCUT2D eigenvalue weighted by atomic mass is 9.86. The molecule has 1 aliphatic carbocycles. The Labute approximate surface area is 192 Å². The van der Waals surface area contributed by atoms with Crippen LogP contribution in [0.5, 0.6) is 0 Å². The Balaban J connectivity index is 1.34. The summed E-state index contributed by atoms with van der Waals surface area (Å²) in [5.74, 6) is 2.42. The van der Waals surface area contributed by atoms with Crippen LogP contribution in [-0.2, 0) is 11.3 Å². The van der Waals surface area contributed by atoms with Gasteiger partial charge in [-0.3, -0.25) is 4.79 Å². The predicted octanol–water partition coefficient (Wildman–Crippen LogP) is 2.18. The van der Waals surface area contributed by atoms with E-state index < -0.39 is 0 Å². The molecule has 3 aromatic heterocycles. The molecule has 2 aliphatic rings. The molecule has 174 valence electrons. The first-order valence-corrected chi connectivity index (χ1v) is 11.8. The zero-order valence-corrected chi connectivity index (χ0v) is 19.1. The Morgan fingerprint density at radius 1 is 1.12 bits per heavy atom. The zero-order chi connectivity index (χ0) is 22.9. The monoisotopic (exact) mass is 450 g/mol. The van der Waals surface area contributed by atoms with E-state index >= 15 is 0 Å². The first-order chi connectivity index (χ1) is 16.0. The minimum absolute atomic E-state index is 0.0393. The van der Waals surface area contributed by atoms with Crippen molar-refractivity contribution in [3.63, 3.8) is 0 Å². The number of aromatic nitrogens is 6. The van der Waals surface area contributed by atoms with Crippen LogP contribution in [0.2, 0.25) is 0 Å². The molecule has 5 rings (SSSR count). The van der Waals surface area contributed by atoms with Crippen molar-refractivity contribution < 1.29 is 9.90 Å². The summed E-state index contributed by atoms with van der Waals surface area (Å²) >= 11 is 0. The fourth-order valence-corrected chi connectivity index (χ4v) is 4.92. The van der Waals surface area contributed by atoms with E-state index in [1.807, 2.05) is 16.4 Å². The van der Waals surface area contributed by atoms with E-state index in [0.717, 1.165) is 55.7 Å². The molecule has 1 saturated heterocycles. The highest BCUT2D eigenvalue weighted by molar-refractivity contribution is 5.86. The highest BCUT2D eigenvalue weighted by Crippen LogP contribution is 2.29. The van der Waals surface area contributed by atoms with Crippen LogP contribution >= 0.6 is 0 Å². The number of anilines is 1. The van der Waals surface area contributed by atoms with Gasteiger partial charge in [-0.25, -0.2) is 24.9 Å². The SMILES string of the molecule is CCn1c(-c2cnc(C)nc2)nc2c(N[C@H]3CCN(C(=O)[C@H]4CC[C@@H](O)CC4)C3)ncnc21. The molecule has 10 nitrogen and oxygen atoms in total. The van der Waals surface area contributed by atoms with Crippen molar-refractivity contribution in [1.29, 1.82) is 0 Å². The summed E-state index contributed by atoms with van der Waals surface area (Å²) in [6.45, 7) is 6.00. The molecular formula is C23H30N8O2. The second-order valence-corrected chi connectivity index (χ2v) is 9.01. The number of hydrogen-bond donors (Lipinski definition) is 2. The minimum Gasteiger partial charge on any atom is -0.393 e. The third-order valence-electron chi connectivity index (χ3n) is 6.77. The molecule has 2 N–H and O–H groups in total. The molecule has 1 aliphatic heterocycles. The summed E-state index contributed by atoms with van der Waals surface area (Å²) in [5, 5.41) is 13.2. The van der Waals surface area contributed by atoms with Gasteiger partial charge in [0.15, 0.2) is 17.0 Å². The maximum Gasteiger partial charge on any atom is 0.225 e. The molecule has 0 radical (unpaired) electrons. The number of rotatable bonds is 5. The topological polar surface area (TPSA) is 122 Å². The standard InChI is InChI=1S/C23H30N8O2/c1-3-31-21(16-10-24-14(2)25-11-16)29-19-20(26-13-27-22(19)31)28-17-8-9-30(12-17)23(33)15-4-6-18(32)7-5-15/h10-11,13,15,17-18,32H,3-9,12H2,1-2H3,(H,26,27,28)/t15-,17-,18+/m0/s1. The zero-order valence-electron chi connectivity index (χ0n) is 19.1. The fraction of sp³-hybridized carbons (Fsp3) is 0.565. The van der Waals surface area contributed by atoms with Crippen LogP contribution in [0.4, 0.5) is 5.82 Å². The van der Waals surface area contributed by atoms with Crippen LogP contribution in [0.3, 0.4) is 0 Å². The van der Waals surface area contributed by atoms with Gasteiger partial charge >= 0.3 is 0 Å². The van der Waals surface area contributed by atoms with Crippen LogP contribution in [0.1, 0.15) is 44.9 Å². The van der Waals surface area contributed by atoms with Crippen LogP contribution in [0, 0.1) is 12.8 Å². The van der Waals surface area contributed by atoms with Crippen molar-refractivity contribution in [3.05, 3.63) is 24.5 Å². The Kier molecular flexibility index (Phi) is 5.92. The van der Waals surface area contributed by atoms with Gasteiger partial charge in [-0.05, 0) is 46.0 Å². The maximum atomic E-state index is 12.9. The molecule has 0 aromatic carbocycles. The number of aliphatic hydroxyl groups excluding tert-OH is 1. The summed E-state index contributed by atoms with van der Waals surface area (Å²) in [6.07, 6.45) is 8.73. The number of carbonyl (C=O) groups is 1. The summed E-state index contributed by atoms with van der Waals surface area (Å²) < 4.78 is 2.04. The number of fused-ring (bicyclic) bond motifs is 1. The van der Waals surface area contributed by atoms with E-state index in [1.165, 1.54) is 0 Å². The van der Waals surface area contributed by atoms with Crippen LogP contribution in [0.25, 0.3) is 22.6 Å². The molecule has 0 unspecified atom stereocenters. The average Bonchev–Trinajstić information content (AvgIpc) is 3.45. The summed E-state index contributed by atoms with van der Waals surface area (Å²) in [5.41, 5.74) is 2.31. The number of nitrogens with zero attached hydrogens (tertiary/aromatic N) is 7. The third kappa shape index (κ3) is 4.27. The van der Waals surface area contributed by atoms with E-state index in [1.54, 1.807) is 18.7 Å². The second kappa shape index (κ2) is 9.01. The molecule has 2 fully saturated rings. The molecule has 1 saturated carbocycles. The van der Waals surface area contributed by atoms with Crippen molar-refractivity contribution in [2.75, 3.05) is 18.4 Å². The summed E-state index contributed by atoms with van der Waals surface area (Å²) in [4.78, 5) is 37.3. The lowest BCUT2D eigenvalue weighted by Gasteiger charge is -2.28. The number of likely N-dealkylation sites (tertiary alicyclic amines) is 1. The van der Waals surface area contributed by atoms with E-state index in [-0.39, 0.29) is 24.0 Å². The average molecular weight is 451 g/mol. The van der Waals surface area contributed by atoms with Gasteiger partial charge in [0, 0.05) is 44.0 Å². The molecule has 33 heavy (non-hydrogen) atoms. The Bertz CT molecular complexity index is 1140. The number of aryl methyl sites for hydroxylation is 2. The number of nitrogens with one attached hydrogen (secondary N) is 1. The van der Waals surface area contributed by atoms with Crippen LogP contribution in [-0.4, -0.2) is 70.6 Å². The number of carbonyl (C=O) groups excluding carboxylic acids is 1. The van der Waals surface area contributed by atoms with Gasteiger partial charge in [0.25, 0.3) is 0 Å². The molecule has 10 heteroatoms. The smallest absolute Gasteiger partial charge is 0.225 e. The molecule has 1 amide bonds. The van der Waals surface area contributed by atoms with E-state index in [2.05, 4.69) is 32.2 Å². The molecular weight excluding hydrogens is 420 g/mol. The van der Waals surface area contributed by atoms with Crippen molar-refractivity contribution in [2.45, 2.75) is 64.6 Å². The summed E-state index contributed by atoms with van der Waals surface area (Å²) in [7, 11) is 0. The van der Waals surface area contributed by atoms with Gasteiger partial charge in [-0.15, -0.1) is 0 Å². The molecule has 1 atom stereocenters. The second-order valence-electron chi connectivity index (χ2n) is 9.01. The van der Waals surface area contributed by atoms with Crippen LogP contribution < -0.4 is 5.32 Å². The lowest BCUT2D eigenvalue weighted by Crippen LogP contribution is -2.38. The third-order valence-corrected chi connectivity index (χ3v) is 6.77. The number of hydrogen-bond acceptors (Lipinski definition) is 8. The fourth-order valence-electron chi connectivity index (χ4n) is 4.92. The largest absolute Gasteiger partial charge is 0.393 e. The minimum atomic E-state index is -0.249. The van der Waals surface area contributed by atoms with Gasteiger partial charge in [0.05, 0.1) is 11.7 Å². The number of aliphatic hydroxyl groups is 1. The van der Waals surface area contributed by atoms with Gasteiger partial charge in [-0.2, -0.15) is 0 Å². The normalized spacial score (nSPS) is 23.2. The van der Waals surface area contributed by atoms with Crippen LogP contribution in [0.15, 0.2) is 18.7 Å². The first kappa shape index (κ1) is 21.7. The lowest BCUT2D eigenvalue weighted by molar-refractivity contribution is -0.136. The molecule has 3 aromatic rings. The van der Waals surface area contributed by atoms with Gasteiger partial charge in [0.2, 0.25) is 5.91 Å². The van der Waals surface area contributed by atoms with Crippen molar-refractivity contribution in [1.82, 2.24) is 34.4 Å². The molecule has 0 spiro atoms.